The van der Waals surface area contributed by atoms with Gasteiger partial charge in [-0.2, -0.15) is 37.4 Å². The van der Waals surface area contributed by atoms with E-state index >= 15 is 0 Å². The summed E-state index contributed by atoms with van der Waals surface area (Å²) in [6, 6.07) is 4.33. The number of alkyl halides is 3. The van der Waals surface area contributed by atoms with Crippen LogP contribution in [0.2, 0.25) is 0 Å². The number of hydrogen-bond donors (Lipinski definition) is 1. The van der Waals surface area contributed by atoms with Gasteiger partial charge in [0.05, 0.1) is 28.4 Å². The Hall–Kier alpha value is -3.41. The van der Waals surface area contributed by atoms with Crippen molar-refractivity contribution in [3.8, 4) is 11.2 Å². The number of fused-ring (bicyclic) bond motifs is 1. The van der Waals surface area contributed by atoms with Crippen LogP contribution in [0.3, 0.4) is 0 Å². The molecule has 20 heteroatoms. The van der Waals surface area contributed by atoms with Crippen molar-refractivity contribution >= 4 is 54.4 Å². The van der Waals surface area contributed by atoms with E-state index < -0.39 is 42.0 Å². The monoisotopic (exact) mass is 604 g/mol. The van der Waals surface area contributed by atoms with Gasteiger partial charge in [0, 0.05) is 6.54 Å². The Morgan fingerprint density at radius 2 is 1.85 bits per heavy atom. The second kappa shape index (κ2) is 9.07. The SMILES string of the molecule is CC(C)S(=O)(=O)N1CCN(c2cc(S(=O)(=O)NC3(C#N)CC3)cc3c2nnn3-c2nnc(C(F)(F)F)s2)C=N1. The number of nitrogens with zero attached hydrogens (tertiary/aromatic N) is 9. The molecule has 0 saturated heterocycles. The molecule has 3 heterocycles. The summed E-state index contributed by atoms with van der Waals surface area (Å²) in [5.41, 5.74) is -1.02. The molecule has 0 radical (unpaired) electrons. The summed E-state index contributed by atoms with van der Waals surface area (Å²) in [6.07, 6.45) is -2.92. The highest BCUT2D eigenvalue weighted by atomic mass is 32.2. The second-order valence-electron chi connectivity index (χ2n) is 9.06. The fourth-order valence-electron chi connectivity index (χ4n) is 3.64. The minimum absolute atomic E-state index is 0.00909. The molecule has 208 valence electrons. The van der Waals surface area contributed by atoms with E-state index in [4.69, 9.17) is 0 Å². The molecule has 3 aromatic rings. The minimum atomic E-state index is -4.75. The molecule has 1 saturated carbocycles. The zero-order chi connectivity index (χ0) is 28.4. The molecule has 1 aromatic carbocycles. The molecule has 2 aliphatic rings. The fourth-order valence-corrected chi connectivity index (χ4v) is 6.72. The summed E-state index contributed by atoms with van der Waals surface area (Å²) in [6.45, 7) is 3.00. The van der Waals surface area contributed by atoms with Crippen LogP contribution < -0.4 is 9.62 Å². The van der Waals surface area contributed by atoms with Gasteiger partial charge in [0.2, 0.25) is 20.2 Å². The van der Waals surface area contributed by atoms with E-state index in [2.05, 4.69) is 30.3 Å². The van der Waals surface area contributed by atoms with Gasteiger partial charge in [0.15, 0.2) is 0 Å². The number of anilines is 1. The van der Waals surface area contributed by atoms with Crippen LogP contribution >= 0.6 is 11.3 Å². The Bertz CT molecular complexity index is 1740. The van der Waals surface area contributed by atoms with Crippen molar-refractivity contribution < 1.29 is 30.0 Å². The smallest absolute Gasteiger partial charge is 0.327 e. The van der Waals surface area contributed by atoms with E-state index in [9.17, 15) is 35.3 Å². The maximum Gasteiger partial charge on any atom is 0.445 e. The van der Waals surface area contributed by atoms with Crippen LogP contribution in [-0.2, 0) is 26.2 Å². The highest BCUT2D eigenvalue weighted by Crippen LogP contribution is 2.38. The molecule has 14 nitrogen and oxygen atoms in total. The molecule has 0 bridgehead atoms. The fraction of sp³-hybridized carbons (Fsp3) is 0.474. The van der Waals surface area contributed by atoms with Gasteiger partial charge in [0.1, 0.15) is 22.9 Å². The first kappa shape index (κ1) is 27.2. The van der Waals surface area contributed by atoms with E-state index in [1.165, 1.54) is 31.2 Å². The van der Waals surface area contributed by atoms with Crippen LogP contribution in [0.1, 0.15) is 31.7 Å². The molecule has 0 unspecified atom stereocenters. The molecule has 39 heavy (non-hydrogen) atoms. The molecule has 1 aliphatic heterocycles. The summed E-state index contributed by atoms with van der Waals surface area (Å²) in [7, 11) is -7.99. The maximum atomic E-state index is 13.3. The lowest BCUT2D eigenvalue weighted by Gasteiger charge is -2.30. The molecular formula is C19H19F3N10O4S3. The highest BCUT2D eigenvalue weighted by Gasteiger charge is 2.47. The lowest BCUT2D eigenvalue weighted by Crippen LogP contribution is -2.43. The summed E-state index contributed by atoms with van der Waals surface area (Å²) in [5.74, 6) is 0. The van der Waals surface area contributed by atoms with Gasteiger partial charge >= 0.3 is 6.18 Å². The van der Waals surface area contributed by atoms with Crippen LogP contribution in [0.4, 0.5) is 18.9 Å². The predicted octanol–water partition coefficient (Wildman–Crippen LogP) is 1.43. The molecule has 5 rings (SSSR count). The first-order chi connectivity index (χ1) is 18.2. The molecule has 0 atom stereocenters. The number of aromatic nitrogens is 5. The molecule has 1 N–H and O–H groups in total. The predicted molar refractivity (Wildman–Crippen MR) is 132 cm³/mol. The highest BCUT2D eigenvalue weighted by molar-refractivity contribution is 7.89. The number of nitriles is 1. The molecule has 1 fully saturated rings. The van der Waals surface area contributed by atoms with Crippen LogP contribution in [0.5, 0.6) is 0 Å². The summed E-state index contributed by atoms with van der Waals surface area (Å²) in [4.78, 5) is 1.13. The molecule has 0 amide bonds. The van der Waals surface area contributed by atoms with Crippen molar-refractivity contribution in [3.05, 3.63) is 17.1 Å². The van der Waals surface area contributed by atoms with Crippen LogP contribution in [0, 0.1) is 11.3 Å². The van der Waals surface area contributed by atoms with E-state index in [-0.39, 0.29) is 51.2 Å². The van der Waals surface area contributed by atoms with Gasteiger partial charge in [-0.15, -0.1) is 15.3 Å². The largest absolute Gasteiger partial charge is 0.445 e. The molecule has 2 aromatic heterocycles. The van der Waals surface area contributed by atoms with Gasteiger partial charge in [-0.1, -0.05) is 16.6 Å². The summed E-state index contributed by atoms with van der Waals surface area (Å²) < 4.78 is 95.1. The van der Waals surface area contributed by atoms with Gasteiger partial charge in [0.25, 0.3) is 10.0 Å². The first-order valence-corrected chi connectivity index (χ1v) is 15.1. The standard InChI is InChI=1S/C19H19F3N10O4S3/c1-11(2)39(35,36)31-6-5-30(10-24-31)13-7-12(38(33,34)28-18(9-23)3-4-18)8-14-15(13)25-29-32(14)17-27-26-16(37-17)19(20,21)22/h7-8,10-11,28H,3-6H2,1-2H3. The van der Waals surface area contributed by atoms with E-state index in [1.54, 1.807) is 0 Å². The lowest BCUT2D eigenvalue weighted by molar-refractivity contribution is -0.138. The second-order valence-corrected chi connectivity index (χ2v) is 14.1. The maximum absolute atomic E-state index is 13.3. The van der Waals surface area contributed by atoms with Crippen LogP contribution in [0.25, 0.3) is 16.2 Å². The summed E-state index contributed by atoms with van der Waals surface area (Å²) >= 11 is 0.188. The Labute approximate surface area is 223 Å². The third-order valence-electron chi connectivity index (χ3n) is 6.00. The van der Waals surface area contributed by atoms with Crippen LogP contribution in [0.15, 0.2) is 22.1 Å². The van der Waals surface area contributed by atoms with Crippen molar-refractivity contribution in [2.45, 2.75) is 48.5 Å². The Morgan fingerprint density at radius 3 is 2.38 bits per heavy atom. The van der Waals surface area contributed by atoms with Crippen molar-refractivity contribution in [1.82, 2.24) is 34.3 Å². The van der Waals surface area contributed by atoms with Gasteiger partial charge < -0.3 is 4.90 Å². The normalized spacial score (nSPS) is 17.7. The Morgan fingerprint density at radius 1 is 1.13 bits per heavy atom. The average molecular weight is 605 g/mol. The average Bonchev–Trinajstić information content (AvgIpc) is 3.26. The van der Waals surface area contributed by atoms with Crippen LogP contribution in [-0.4, -0.2) is 76.7 Å². The zero-order valence-electron chi connectivity index (χ0n) is 20.2. The van der Waals surface area contributed by atoms with Crippen molar-refractivity contribution in [1.29, 1.82) is 5.26 Å². The quantitative estimate of drug-likeness (QED) is 0.415. The van der Waals surface area contributed by atoms with Gasteiger partial charge in [-0.3, -0.25) is 0 Å². The Balaban J connectivity index is 1.63. The number of rotatable bonds is 7. The number of hydrogen-bond acceptors (Lipinski definition) is 12. The number of sulfonamides is 2. The number of hydrazone groups is 1. The number of benzene rings is 1. The van der Waals surface area contributed by atoms with Crippen molar-refractivity contribution in [2.24, 2.45) is 5.10 Å². The van der Waals surface area contributed by atoms with Crippen molar-refractivity contribution in [2.75, 3.05) is 18.0 Å². The topological polar surface area (TPSA) is 179 Å². The summed E-state index contributed by atoms with van der Waals surface area (Å²) in [5, 5.41) is 25.7. The third-order valence-corrected chi connectivity index (χ3v) is 10.5. The van der Waals surface area contributed by atoms with Gasteiger partial charge in [-0.05, 0) is 38.8 Å². The first-order valence-electron chi connectivity index (χ1n) is 11.2. The minimum Gasteiger partial charge on any atom is -0.327 e. The molecule has 1 aliphatic carbocycles. The number of halogens is 3. The lowest BCUT2D eigenvalue weighted by atomic mass is 10.2. The third kappa shape index (κ3) is 4.90. The van der Waals surface area contributed by atoms with E-state index in [0.717, 1.165) is 15.2 Å². The Kier molecular flexibility index (Phi) is 6.32. The molecule has 0 spiro atoms. The van der Waals surface area contributed by atoms with Crippen molar-refractivity contribution in [3.63, 3.8) is 0 Å². The van der Waals surface area contributed by atoms with Gasteiger partial charge in [-0.25, -0.2) is 16.8 Å². The van der Waals surface area contributed by atoms with E-state index in [1.807, 2.05) is 6.07 Å². The van der Waals surface area contributed by atoms with E-state index in [0.29, 0.717) is 12.8 Å². The zero-order valence-corrected chi connectivity index (χ0v) is 22.6. The molecular weight excluding hydrogens is 585 g/mol. The number of nitrogens with one attached hydrogen (secondary N) is 1.